The number of aromatic nitrogens is 2. The van der Waals surface area contributed by atoms with Crippen molar-refractivity contribution in [2.45, 2.75) is 26.7 Å². The van der Waals surface area contributed by atoms with E-state index < -0.39 is 0 Å². The highest BCUT2D eigenvalue weighted by molar-refractivity contribution is 5.15. The summed E-state index contributed by atoms with van der Waals surface area (Å²) >= 11 is 0. The van der Waals surface area contributed by atoms with Gasteiger partial charge in [0.2, 0.25) is 0 Å². The van der Waals surface area contributed by atoms with Crippen LogP contribution in [0.5, 0.6) is 0 Å². The van der Waals surface area contributed by atoms with Crippen LogP contribution < -0.4 is 0 Å². The summed E-state index contributed by atoms with van der Waals surface area (Å²) in [4.78, 5) is 4.36. The van der Waals surface area contributed by atoms with Crippen LogP contribution in [-0.2, 0) is 13.5 Å². The highest BCUT2D eigenvalue weighted by Crippen LogP contribution is 2.09. The number of hydrogen-bond acceptors (Lipinski definition) is 2. The van der Waals surface area contributed by atoms with Gasteiger partial charge in [-0.1, -0.05) is 0 Å². The average molecular weight is 163 g/mol. The highest BCUT2D eigenvalue weighted by atomic mass is 15.1. The molecule has 0 radical (unpaired) electrons. The molecular formula is C9H13N3. The van der Waals surface area contributed by atoms with Crippen LogP contribution in [0.1, 0.15) is 23.6 Å². The van der Waals surface area contributed by atoms with Crippen molar-refractivity contribution in [3.8, 4) is 6.07 Å². The zero-order chi connectivity index (χ0) is 9.14. The summed E-state index contributed by atoms with van der Waals surface area (Å²) in [6.07, 6.45) is 1.32. The summed E-state index contributed by atoms with van der Waals surface area (Å²) in [6.45, 7) is 4.01. The summed E-state index contributed by atoms with van der Waals surface area (Å²) in [7, 11) is 1.99. The van der Waals surface area contributed by atoms with Crippen LogP contribution in [0.15, 0.2) is 0 Å². The fourth-order valence-electron chi connectivity index (χ4n) is 1.20. The Hall–Kier alpha value is -1.30. The zero-order valence-corrected chi connectivity index (χ0v) is 7.76. The van der Waals surface area contributed by atoms with E-state index in [2.05, 4.69) is 11.1 Å². The van der Waals surface area contributed by atoms with Crippen LogP contribution in [0.25, 0.3) is 0 Å². The molecule has 0 aliphatic rings. The standard InChI is InChI=1S/C9H13N3/c1-7-9(5-4-6-10)11-8(2)12(7)3/h4-5H2,1-3H3. The van der Waals surface area contributed by atoms with E-state index in [0.29, 0.717) is 6.42 Å². The number of hydrogen-bond donors (Lipinski definition) is 0. The number of nitrogens with zero attached hydrogens (tertiary/aromatic N) is 3. The van der Waals surface area contributed by atoms with Crippen LogP contribution in [0.2, 0.25) is 0 Å². The van der Waals surface area contributed by atoms with Gasteiger partial charge in [0.1, 0.15) is 5.82 Å². The summed E-state index contributed by atoms with van der Waals surface area (Å²) in [5.41, 5.74) is 2.22. The Labute approximate surface area is 72.7 Å². The third-order valence-electron chi connectivity index (χ3n) is 2.18. The average Bonchev–Trinajstić information content (AvgIpc) is 2.30. The Morgan fingerprint density at radius 3 is 2.58 bits per heavy atom. The maximum absolute atomic E-state index is 8.41. The lowest BCUT2D eigenvalue weighted by molar-refractivity contribution is 0.825. The topological polar surface area (TPSA) is 41.6 Å². The quantitative estimate of drug-likeness (QED) is 0.662. The molecule has 3 heteroatoms. The molecule has 1 rings (SSSR count). The van der Waals surface area contributed by atoms with E-state index in [1.807, 2.05) is 25.5 Å². The van der Waals surface area contributed by atoms with Crippen molar-refractivity contribution >= 4 is 0 Å². The highest BCUT2D eigenvalue weighted by Gasteiger charge is 2.06. The van der Waals surface area contributed by atoms with Gasteiger partial charge in [0.25, 0.3) is 0 Å². The smallest absolute Gasteiger partial charge is 0.105 e. The Balaban J connectivity index is 2.87. The van der Waals surface area contributed by atoms with Gasteiger partial charge >= 0.3 is 0 Å². The Kier molecular flexibility index (Phi) is 2.49. The largest absolute Gasteiger partial charge is 0.335 e. The van der Waals surface area contributed by atoms with Gasteiger partial charge in [0, 0.05) is 25.6 Å². The molecule has 0 saturated heterocycles. The predicted octanol–water partition coefficient (Wildman–Crippen LogP) is 1.49. The first-order valence-electron chi connectivity index (χ1n) is 4.02. The van der Waals surface area contributed by atoms with Crippen LogP contribution >= 0.6 is 0 Å². The molecule has 0 aliphatic carbocycles. The van der Waals surface area contributed by atoms with Crippen LogP contribution in [0.4, 0.5) is 0 Å². The lowest BCUT2D eigenvalue weighted by Gasteiger charge is -1.97. The predicted molar refractivity (Wildman–Crippen MR) is 46.6 cm³/mol. The molecule has 1 aromatic heterocycles. The van der Waals surface area contributed by atoms with Gasteiger partial charge in [0.15, 0.2) is 0 Å². The Morgan fingerprint density at radius 2 is 2.17 bits per heavy atom. The summed E-state index contributed by atoms with van der Waals surface area (Å²) in [5, 5.41) is 8.41. The van der Waals surface area contributed by atoms with E-state index in [1.165, 1.54) is 5.69 Å². The number of nitriles is 1. The molecule has 0 bridgehead atoms. The summed E-state index contributed by atoms with van der Waals surface area (Å²) in [5.74, 6) is 1.01. The number of imidazole rings is 1. The van der Waals surface area contributed by atoms with Crippen LogP contribution in [-0.4, -0.2) is 9.55 Å². The molecular weight excluding hydrogens is 150 g/mol. The molecule has 0 atom stereocenters. The molecule has 0 aliphatic heterocycles. The van der Waals surface area contributed by atoms with E-state index in [-0.39, 0.29) is 0 Å². The first-order valence-corrected chi connectivity index (χ1v) is 4.02. The third kappa shape index (κ3) is 1.48. The van der Waals surface area contributed by atoms with Gasteiger partial charge in [-0.05, 0) is 13.8 Å². The lowest BCUT2D eigenvalue weighted by Crippen LogP contribution is -1.94. The van der Waals surface area contributed by atoms with Crippen LogP contribution in [0.3, 0.4) is 0 Å². The van der Waals surface area contributed by atoms with Crippen molar-refractivity contribution in [3.63, 3.8) is 0 Å². The number of aryl methyl sites for hydroxylation is 2. The van der Waals surface area contributed by atoms with Gasteiger partial charge in [-0.15, -0.1) is 0 Å². The summed E-state index contributed by atoms with van der Waals surface area (Å²) < 4.78 is 2.05. The second-order valence-corrected chi connectivity index (χ2v) is 2.91. The molecule has 0 spiro atoms. The minimum absolute atomic E-state index is 0.553. The Morgan fingerprint density at radius 1 is 1.50 bits per heavy atom. The molecule has 0 saturated carbocycles. The third-order valence-corrected chi connectivity index (χ3v) is 2.18. The fourth-order valence-corrected chi connectivity index (χ4v) is 1.20. The maximum Gasteiger partial charge on any atom is 0.105 e. The van der Waals surface area contributed by atoms with E-state index in [0.717, 1.165) is 17.9 Å². The van der Waals surface area contributed by atoms with Gasteiger partial charge in [0.05, 0.1) is 11.8 Å². The SMILES string of the molecule is Cc1nc(CCC#N)c(C)n1C. The first-order chi connectivity index (χ1) is 5.66. The molecule has 0 N–H and O–H groups in total. The van der Waals surface area contributed by atoms with E-state index in [4.69, 9.17) is 5.26 Å². The van der Waals surface area contributed by atoms with E-state index in [9.17, 15) is 0 Å². The van der Waals surface area contributed by atoms with Gasteiger partial charge < -0.3 is 4.57 Å². The van der Waals surface area contributed by atoms with Crippen LogP contribution in [0, 0.1) is 25.2 Å². The molecule has 0 fully saturated rings. The van der Waals surface area contributed by atoms with E-state index >= 15 is 0 Å². The second kappa shape index (κ2) is 3.40. The molecule has 64 valence electrons. The number of rotatable bonds is 2. The normalized spacial score (nSPS) is 9.83. The molecule has 1 aromatic rings. The van der Waals surface area contributed by atoms with Gasteiger partial charge in [-0.3, -0.25) is 0 Å². The van der Waals surface area contributed by atoms with Crippen molar-refractivity contribution in [2.24, 2.45) is 7.05 Å². The second-order valence-electron chi connectivity index (χ2n) is 2.91. The molecule has 0 amide bonds. The van der Waals surface area contributed by atoms with Gasteiger partial charge in [-0.25, -0.2) is 4.98 Å². The zero-order valence-electron chi connectivity index (χ0n) is 7.76. The molecule has 3 nitrogen and oxygen atoms in total. The van der Waals surface area contributed by atoms with Gasteiger partial charge in [-0.2, -0.15) is 5.26 Å². The lowest BCUT2D eigenvalue weighted by atomic mass is 10.2. The monoisotopic (exact) mass is 163 g/mol. The van der Waals surface area contributed by atoms with Crippen molar-refractivity contribution in [3.05, 3.63) is 17.2 Å². The molecule has 0 aromatic carbocycles. The Bertz CT molecular complexity index is 317. The molecule has 1 heterocycles. The summed E-state index contributed by atoms with van der Waals surface area (Å²) in [6, 6.07) is 2.12. The van der Waals surface area contributed by atoms with Crippen molar-refractivity contribution in [2.75, 3.05) is 0 Å². The molecule has 12 heavy (non-hydrogen) atoms. The minimum atomic E-state index is 0.553. The van der Waals surface area contributed by atoms with Crippen molar-refractivity contribution in [1.29, 1.82) is 5.26 Å². The van der Waals surface area contributed by atoms with Crippen molar-refractivity contribution in [1.82, 2.24) is 9.55 Å². The minimum Gasteiger partial charge on any atom is -0.335 e. The maximum atomic E-state index is 8.41. The first kappa shape index (κ1) is 8.79. The van der Waals surface area contributed by atoms with E-state index in [1.54, 1.807) is 0 Å². The molecule has 0 unspecified atom stereocenters. The fraction of sp³-hybridized carbons (Fsp3) is 0.556. The van der Waals surface area contributed by atoms with Crippen molar-refractivity contribution < 1.29 is 0 Å².